The molecule has 0 aliphatic heterocycles. The van der Waals surface area contributed by atoms with Crippen LogP contribution in [-0.4, -0.2) is 6.03 Å². The number of para-hydroxylation sites is 1. The Balaban J connectivity index is 2.13. The molecule has 0 atom stereocenters. The average Bonchev–Trinajstić information content (AvgIpc) is 2.37. The highest BCUT2D eigenvalue weighted by Crippen LogP contribution is 2.25. The van der Waals surface area contributed by atoms with Gasteiger partial charge in [-0.2, -0.15) is 0 Å². The van der Waals surface area contributed by atoms with Crippen LogP contribution in [0.25, 0.3) is 0 Å². The minimum atomic E-state index is -0.577. The van der Waals surface area contributed by atoms with Crippen molar-refractivity contribution in [2.45, 2.75) is 6.92 Å². The molecule has 3 nitrogen and oxygen atoms in total. The Morgan fingerprint density at radius 1 is 1.25 bits per heavy atom. The Labute approximate surface area is 134 Å². The van der Waals surface area contributed by atoms with Crippen LogP contribution in [-0.2, 0) is 0 Å². The highest BCUT2D eigenvalue weighted by molar-refractivity contribution is 14.1. The van der Waals surface area contributed by atoms with E-state index in [0.29, 0.717) is 5.69 Å². The van der Waals surface area contributed by atoms with Gasteiger partial charge in [-0.25, -0.2) is 9.18 Å². The topological polar surface area (TPSA) is 41.1 Å². The lowest BCUT2D eigenvalue weighted by atomic mass is 10.2. The summed E-state index contributed by atoms with van der Waals surface area (Å²) in [6.07, 6.45) is 0. The molecule has 2 N–H and O–H groups in total. The van der Waals surface area contributed by atoms with Crippen LogP contribution in [0.5, 0.6) is 0 Å². The van der Waals surface area contributed by atoms with Crippen molar-refractivity contribution in [2.24, 2.45) is 0 Å². The molecule has 2 aromatic rings. The molecule has 0 aromatic heterocycles. The van der Waals surface area contributed by atoms with Crippen LogP contribution >= 0.6 is 34.2 Å². The number of carbonyl (C=O) groups is 1. The van der Waals surface area contributed by atoms with Crippen molar-refractivity contribution in [3.05, 3.63) is 56.4 Å². The van der Waals surface area contributed by atoms with Gasteiger partial charge in [-0.15, -0.1) is 0 Å². The second-order valence-corrected chi connectivity index (χ2v) is 5.79. The first-order valence-corrected chi connectivity index (χ1v) is 7.21. The number of amides is 2. The van der Waals surface area contributed by atoms with E-state index in [9.17, 15) is 9.18 Å². The van der Waals surface area contributed by atoms with Crippen LogP contribution in [0.15, 0.2) is 36.4 Å². The summed E-state index contributed by atoms with van der Waals surface area (Å²) >= 11 is 8.03. The zero-order chi connectivity index (χ0) is 14.7. The summed E-state index contributed by atoms with van der Waals surface area (Å²) in [6, 6.07) is 9.28. The van der Waals surface area contributed by atoms with E-state index in [0.717, 1.165) is 9.13 Å². The third kappa shape index (κ3) is 3.61. The van der Waals surface area contributed by atoms with Crippen molar-refractivity contribution in [1.29, 1.82) is 0 Å². The Bertz CT molecular complexity index is 643. The maximum atomic E-state index is 13.6. The molecule has 2 aromatic carbocycles. The molecule has 0 fully saturated rings. The third-order valence-electron chi connectivity index (χ3n) is 2.64. The third-order valence-corrected chi connectivity index (χ3v) is 3.62. The highest BCUT2D eigenvalue weighted by atomic mass is 127. The summed E-state index contributed by atoms with van der Waals surface area (Å²) < 4.78 is 14.6. The lowest BCUT2D eigenvalue weighted by molar-refractivity contribution is 0.262. The number of nitrogens with one attached hydrogen (secondary N) is 2. The van der Waals surface area contributed by atoms with E-state index in [4.69, 9.17) is 11.6 Å². The number of urea groups is 1. The Hall–Kier alpha value is -1.34. The molecule has 104 valence electrons. The van der Waals surface area contributed by atoms with Gasteiger partial charge in [0.15, 0.2) is 0 Å². The van der Waals surface area contributed by atoms with Gasteiger partial charge in [0.1, 0.15) is 5.82 Å². The predicted octanol–water partition coefficient (Wildman–Crippen LogP) is 5.04. The zero-order valence-electron chi connectivity index (χ0n) is 10.5. The van der Waals surface area contributed by atoms with Crippen molar-refractivity contribution in [3.8, 4) is 0 Å². The smallest absolute Gasteiger partial charge is 0.307 e. The lowest BCUT2D eigenvalue weighted by Crippen LogP contribution is -2.20. The fourth-order valence-electron chi connectivity index (χ4n) is 1.65. The number of carbonyl (C=O) groups excluding carboxylic acids is 1. The van der Waals surface area contributed by atoms with Crippen LogP contribution in [0.1, 0.15) is 5.56 Å². The monoisotopic (exact) mass is 404 g/mol. The number of benzene rings is 2. The summed E-state index contributed by atoms with van der Waals surface area (Å²) in [7, 11) is 0. The number of hydrogen-bond acceptors (Lipinski definition) is 1. The van der Waals surface area contributed by atoms with Crippen LogP contribution in [0.3, 0.4) is 0 Å². The Morgan fingerprint density at radius 2 is 2.00 bits per heavy atom. The largest absolute Gasteiger partial charge is 0.323 e. The van der Waals surface area contributed by atoms with E-state index in [1.54, 1.807) is 6.07 Å². The molecular weight excluding hydrogens is 394 g/mol. The number of aryl methyl sites for hydroxylation is 1. The maximum Gasteiger partial charge on any atom is 0.323 e. The molecule has 0 unspecified atom stereocenters. The summed E-state index contributed by atoms with van der Waals surface area (Å²) in [4.78, 5) is 11.9. The number of halogens is 3. The average molecular weight is 405 g/mol. The van der Waals surface area contributed by atoms with Gasteiger partial charge < -0.3 is 10.6 Å². The van der Waals surface area contributed by atoms with E-state index in [2.05, 4.69) is 33.2 Å². The predicted molar refractivity (Wildman–Crippen MR) is 87.9 cm³/mol. The first kappa shape index (κ1) is 15.1. The van der Waals surface area contributed by atoms with Crippen molar-refractivity contribution in [2.75, 3.05) is 10.6 Å². The van der Waals surface area contributed by atoms with Gasteiger partial charge in [0, 0.05) is 9.26 Å². The Morgan fingerprint density at radius 3 is 2.65 bits per heavy atom. The van der Waals surface area contributed by atoms with E-state index < -0.39 is 11.8 Å². The van der Waals surface area contributed by atoms with Crippen molar-refractivity contribution in [3.63, 3.8) is 0 Å². The number of anilines is 2. The fraction of sp³-hybridized carbons (Fsp3) is 0.0714. The molecule has 0 bridgehead atoms. The van der Waals surface area contributed by atoms with Gasteiger partial charge in [-0.05, 0) is 65.4 Å². The first-order valence-electron chi connectivity index (χ1n) is 5.75. The van der Waals surface area contributed by atoms with Gasteiger partial charge >= 0.3 is 6.03 Å². The van der Waals surface area contributed by atoms with Crippen LogP contribution in [0.4, 0.5) is 20.6 Å². The molecule has 0 aliphatic carbocycles. The molecule has 0 radical (unpaired) electrons. The minimum Gasteiger partial charge on any atom is -0.307 e. The summed E-state index contributed by atoms with van der Waals surface area (Å²) in [5.74, 6) is -0.577. The first-order chi connectivity index (χ1) is 9.47. The standard InChI is InChI=1S/C14H11ClFIN2O/c1-8-7-9(17)5-6-12(8)18-14(20)19-13-10(15)3-2-4-11(13)16/h2-7H,1H3,(H2,18,19,20). The number of hydrogen-bond donors (Lipinski definition) is 2. The molecule has 20 heavy (non-hydrogen) atoms. The second-order valence-electron chi connectivity index (χ2n) is 4.14. The minimum absolute atomic E-state index is 0.0326. The lowest BCUT2D eigenvalue weighted by Gasteiger charge is -2.11. The molecule has 2 amide bonds. The van der Waals surface area contributed by atoms with Crippen LogP contribution in [0, 0.1) is 16.3 Å². The van der Waals surface area contributed by atoms with Crippen molar-refractivity contribution >= 4 is 51.6 Å². The molecule has 0 heterocycles. The highest BCUT2D eigenvalue weighted by Gasteiger charge is 2.11. The molecule has 0 saturated carbocycles. The zero-order valence-corrected chi connectivity index (χ0v) is 13.4. The Kier molecular flexibility index (Phi) is 4.82. The van der Waals surface area contributed by atoms with Crippen molar-refractivity contribution in [1.82, 2.24) is 0 Å². The van der Waals surface area contributed by atoms with Gasteiger partial charge in [-0.1, -0.05) is 17.7 Å². The molecule has 6 heteroatoms. The van der Waals surface area contributed by atoms with Gasteiger partial charge in [-0.3, -0.25) is 0 Å². The molecule has 0 saturated heterocycles. The van der Waals surface area contributed by atoms with E-state index >= 15 is 0 Å². The van der Waals surface area contributed by atoms with E-state index in [1.165, 1.54) is 18.2 Å². The SMILES string of the molecule is Cc1cc(I)ccc1NC(=O)Nc1c(F)cccc1Cl. The van der Waals surface area contributed by atoms with Gasteiger partial charge in [0.05, 0.1) is 10.7 Å². The fourth-order valence-corrected chi connectivity index (χ4v) is 2.51. The summed E-state index contributed by atoms with van der Waals surface area (Å²) in [6.45, 7) is 1.88. The normalized spacial score (nSPS) is 10.2. The molecular formula is C14H11ClFIN2O. The van der Waals surface area contributed by atoms with E-state index in [1.807, 2.05) is 19.1 Å². The van der Waals surface area contributed by atoms with E-state index in [-0.39, 0.29) is 10.7 Å². The quantitative estimate of drug-likeness (QED) is 0.677. The van der Waals surface area contributed by atoms with Crippen molar-refractivity contribution < 1.29 is 9.18 Å². The maximum absolute atomic E-state index is 13.6. The van der Waals surface area contributed by atoms with Crippen LogP contribution < -0.4 is 10.6 Å². The van der Waals surface area contributed by atoms with Gasteiger partial charge in [0.25, 0.3) is 0 Å². The van der Waals surface area contributed by atoms with Gasteiger partial charge in [0.2, 0.25) is 0 Å². The molecule has 0 aliphatic rings. The second kappa shape index (κ2) is 6.41. The number of rotatable bonds is 2. The molecule has 0 spiro atoms. The summed E-state index contributed by atoms with van der Waals surface area (Å²) in [5, 5.41) is 5.22. The summed E-state index contributed by atoms with van der Waals surface area (Å²) in [5.41, 5.74) is 1.55. The molecule has 2 rings (SSSR count). The van der Waals surface area contributed by atoms with Crippen LogP contribution in [0.2, 0.25) is 5.02 Å².